The van der Waals surface area contributed by atoms with E-state index in [2.05, 4.69) is 31.2 Å². The molecule has 1 aliphatic heterocycles. The van der Waals surface area contributed by atoms with E-state index in [1.54, 1.807) is 0 Å². The molecule has 0 spiro atoms. The summed E-state index contributed by atoms with van der Waals surface area (Å²) in [4.78, 5) is 12.1. The maximum atomic E-state index is 12.1. The summed E-state index contributed by atoms with van der Waals surface area (Å²) in [5, 5.41) is 0. The second-order valence-corrected chi connectivity index (χ2v) is 7.22. The molecule has 0 aromatic heterocycles. The predicted molar refractivity (Wildman–Crippen MR) is 102 cm³/mol. The molecule has 0 N–H and O–H groups in total. The lowest BCUT2D eigenvalue weighted by molar-refractivity contribution is -0.142. The van der Waals surface area contributed by atoms with Gasteiger partial charge < -0.3 is 9.47 Å². The fourth-order valence-electron chi connectivity index (χ4n) is 3.35. The minimum atomic E-state index is -0.165. The zero-order valence-corrected chi connectivity index (χ0v) is 16.0. The van der Waals surface area contributed by atoms with E-state index in [1.807, 2.05) is 0 Å². The number of unbranched alkanes of at least 4 members (excludes halogenated alkanes) is 6. The molecule has 0 radical (unpaired) electrons. The summed E-state index contributed by atoms with van der Waals surface area (Å²) in [7, 11) is 1.47. The number of hydrogen-bond acceptors (Lipinski definition) is 3. The Bertz CT molecular complexity index is 490. The van der Waals surface area contributed by atoms with Gasteiger partial charge in [-0.1, -0.05) is 69.7 Å². The van der Waals surface area contributed by atoms with Gasteiger partial charge in [0.2, 0.25) is 0 Å². The molecule has 0 saturated carbocycles. The first-order valence-electron chi connectivity index (χ1n) is 10.0. The number of benzene rings is 1. The highest BCUT2D eigenvalue weighted by Crippen LogP contribution is 2.27. The van der Waals surface area contributed by atoms with Crippen molar-refractivity contribution in [1.29, 1.82) is 0 Å². The third kappa shape index (κ3) is 7.60. The number of esters is 1. The molecule has 0 bridgehead atoms. The molecule has 2 unspecified atom stereocenters. The Labute approximate surface area is 153 Å². The van der Waals surface area contributed by atoms with Gasteiger partial charge in [-0.25, -0.2) is 0 Å². The largest absolute Gasteiger partial charge is 0.469 e. The molecule has 1 aliphatic rings. The fraction of sp³-hybridized carbons (Fsp3) is 0.682. The lowest BCUT2D eigenvalue weighted by Crippen LogP contribution is -2.15. The van der Waals surface area contributed by atoms with Crippen LogP contribution in [0, 0.1) is 0 Å². The molecule has 140 valence electrons. The summed E-state index contributed by atoms with van der Waals surface area (Å²) >= 11 is 0. The summed E-state index contributed by atoms with van der Waals surface area (Å²) < 4.78 is 10.3. The van der Waals surface area contributed by atoms with Crippen LogP contribution in [-0.2, 0) is 20.7 Å². The molecule has 0 aliphatic carbocycles. The van der Waals surface area contributed by atoms with Gasteiger partial charge in [0.25, 0.3) is 0 Å². The zero-order valence-electron chi connectivity index (χ0n) is 16.0. The molecule has 25 heavy (non-hydrogen) atoms. The van der Waals surface area contributed by atoms with Crippen molar-refractivity contribution in [2.45, 2.75) is 83.2 Å². The van der Waals surface area contributed by atoms with Gasteiger partial charge in [0.15, 0.2) is 0 Å². The second-order valence-electron chi connectivity index (χ2n) is 7.22. The van der Waals surface area contributed by atoms with Gasteiger partial charge in [-0.3, -0.25) is 4.79 Å². The molecule has 1 fully saturated rings. The van der Waals surface area contributed by atoms with Crippen molar-refractivity contribution in [2.24, 2.45) is 0 Å². The molecular formula is C22H34O3. The van der Waals surface area contributed by atoms with E-state index < -0.39 is 0 Å². The van der Waals surface area contributed by atoms with E-state index in [0.717, 1.165) is 31.4 Å². The van der Waals surface area contributed by atoms with Gasteiger partial charge >= 0.3 is 5.97 Å². The quantitative estimate of drug-likeness (QED) is 0.272. The highest BCUT2D eigenvalue weighted by molar-refractivity contribution is 5.78. The van der Waals surface area contributed by atoms with Crippen LogP contribution in [0.15, 0.2) is 24.3 Å². The Balaban J connectivity index is 1.75. The van der Waals surface area contributed by atoms with Crippen molar-refractivity contribution in [1.82, 2.24) is 0 Å². The number of carbonyl (C=O) groups is 1. The summed E-state index contributed by atoms with van der Waals surface area (Å²) in [5.74, 6) is -0.303. The first-order chi connectivity index (χ1) is 12.2. The first-order valence-corrected chi connectivity index (χ1v) is 10.0. The lowest BCUT2D eigenvalue weighted by atomic mass is 9.92. The summed E-state index contributed by atoms with van der Waals surface area (Å²) in [5.41, 5.74) is 2.43. The van der Waals surface area contributed by atoms with Gasteiger partial charge in [-0.2, -0.15) is 0 Å². The number of methoxy groups -OCH3 is 1. The Morgan fingerprint density at radius 2 is 1.76 bits per heavy atom. The maximum Gasteiger partial charge on any atom is 0.313 e. The lowest BCUT2D eigenvalue weighted by Gasteiger charge is -2.15. The van der Waals surface area contributed by atoms with Gasteiger partial charge in [-0.05, 0) is 36.8 Å². The van der Waals surface area contributed by atoms with Crippen molar-refractivity contribution in [3.05, 3.63) is 35.4 Å². The molecule has 2 rings (SSSR count). The molecule has 3 heteroatoms. The smallest absolute Gasteiger partial charge is 0.313 e. The minimum absolute atomic E-state index is 0.138. The Morgan fingerprint density at radius 1 is 1.12 bits per heavy atom. The number of rotatable bonds is 13. The number of carbonyl (C=O) groups excluding carboxylic acids is 1. The number of epoxide rings is 1. The summed E-state index contributed by atoms with van der Waals surface area (Å²) in [6.07, 6.45) is 12.6. The van der Waals surface area contributed by atoms with Gasteiger partial charge in [0.1, 0.15) is 0 Å². The minimum Gasteiger partial charge on any atom is -0.469 e. The van der Waals surface area contributed by atoms with E-state index in [1.165, 1.54) is 57.6 Å². The SMILES string of the molecule is CCCCCCCCCc1ccc(C(CCC2CO2)C(=O)OC)cc1. The molecule has 1 aromatic rings. The normalized spacial score (nSPS) is 17.3. The van der Waals surface area contributed by atoms with E-state index >= 15 is 0 Å². The van der Waals surface area contributed by atoms with E-state index in [9.17, 15) is 4.79 Å². The number of ether oxygens (including phenoxy) is 2. The second kappa shape index (κ2) is 11.3. The third-order valence-electron chi connectivity index (χ3n) is 5.12. The van der Waals surface area contributed by atoms with Gasteiger partial charge in [0, 0.05) is 0 Å². The van der Waals surface area contributed by atoms with Crippen LogP contribution in [0.2, 0.25) is 0 Å². The molecule has 1 saturated heterocycles. The zero-order chi connectivity index (χ0) is 17.9. The van der Waals surface area contributed by atoms with Crippen molar-refractivity contribution < 1.29 is 14.3 Å². The van der Waals surface area contributed by atoms with Gasteiger partial charge in [-0.15, -0.1) is 0 Å². The Kier molecular flexibility index (Phi) is 9.03. The van der Waals surface area contributed by atoms with Crippen LogP contribution < -0.4 is 0 Å². The predicted octanol–water partition coefficient (Wildman–Crippen LogP) is 5.42. The topological polar surface area (TPSA) is 38.8 Å². The first kappa shape index (κ1) is 20.0. The Hall–Kier alpha value is -1.35. The molecular weight excluding hydrogens is 312 g/mol. The standard InChI is InChI=1S/C22H34O3/c1-3-4-5-6-7-8-9-10-18-11-13-19(14-12-18)21(22(23)24-2)16-15-20-17-25-20/h11-14,20-21H,3-10,15-17H2,1-2H3. The van der Waals surface area contributed by atoms with Gasteiger partial charge in [0.05, 0.1) is 25.7 Å². The van der Waals surface area contributed by atoms with E-state index in [0.29, 0.717) is 6.10 Å². The molecule has 2 atom stereocenters. The van der Waals surface area contributed by atoms with Crippen LogP contribution in [-0.4, -0.2) is 25.8 Å². The van der Waals surface area contributed by atoms with Crippen LogP contribution >= 0.6 is 0 Å². The monoisotopic (exact) mass is 346 g/mol. The molecule has 1 heterocycles. The average Bonchev–Trinajstić information content (AvgIpc) is 3.46. The highest BCUT2D eigenvalue weighted by atomic mass is 16.6. The van der Waals surface area contributed by atoms with Crippen LogP contribution in [0.5, 0.6) is 0 Å². The Morgan fingerprint density at radius 3 is 2.36 bits per heavy atom. The van der Waals surface area contributed by atoms with Crippen molar-refractivity contribution in [2.75, 3.05) is 13.7 Å². The number of hydrogen-bond donors (Lipinski definition) is 0. The molecule has 3 nitrogen and oxygen atoms in total. The summed E-state index contributed by atoms with van der Waals surface area (Å²) in [6, 6.07) is 8.56. The average molecular weight is 347 g/mol. The fourth-order valence-corrected chi connectivity index (χ4v) is 3.35. The maximum absolute atomic E-state index is 12.1. The van der Waals surface area contributed by atoms with Crippen molar-refractivity contribution >= 4 is 5.97 Å². The van der Waals surface area contributed by atoms with Crippen LogP contribution in [0.1, 0.15) is 81.8 Å². The van der Waals surface area contributed by atoms with Crippen LogP contribution in [0.25, 0.3) is 0 Å². The molecule has 1 aromatic carbocycles. The number of aryl methyl sites for hydroxylation is 1. The summed E-state index contributed by atoms with van der Waals surface area (Å²) in [6.45, 7) is 3.10. The van der Waals surface area contributed by atoms with Crippen molar-refractivity contribution in [3.8, 4) is 0 Å². The third-order valence-corrected chi connectivity index (χ3v) is 5.12. The van der Waals surface area contributed by atoms with E-state index in [4.69, 9.17) is 9.47 Å². The highest BCUT2D eigenvalue weighted by Gasteiger charge is 2.27. The van der Waals surface area contributed by atoms with Crippen molar-refractivity contribution in [3.63, 3.8) is 0 Å². The van der Waals surface area contributed by atoms with E-state index in [-0.39, 0.29) is 11.9 Å². The molecule has 0 amide bonds. The van der Waals surface area contributed by atoms with Crippen LogP contribution in [0.3, 0.4) is 0 Å². The van der Waals surface area contributed by atoms with Crippen LogP contribution in [0.4, 0.5) is 0 Å².